The van der Waals surface area contributed by atoms with Crippen molar-refractivity contribution >= 4 is 17.5 Å². The maximum atomic E-state index is 12.5. The lowest BCUT2D eigenvalue weighted by molar-refractivity contribution is -0.120. The van der Waals surface area contributed by atoms with Crippen LogP contribution >= 0.6 is 0 Å². The molecule has 142 valence electrons. The number of anilines is 1. The molecule has 1 aliphatic heterocycles. The first-order chi connectivity index (χ1) is 13.0. The number of amides is 2. The van der Waals surface area contributed by atoms with Gasteiger partial charge in [0.25, 0.3) is 5.91 Å². The summed E-state index contributed by atoms with van der Waals surface area (Å²) < 4.78 is 10.6. The Hall–Kier alpha value is -3.06. The molecule has 2 N–H and O–H groups in total. The number of nitrogens with zero attached hydrogens (tertiary/aromatic N) is 1. The number of fused-ring (bicyclic) bond motifs is 1. The van der Waals surface area contributed by atoms with Gasteiger partial charge >= 0.3 is 0 Å². The molecule has 1 atom stereocenters. The minimum Gasteiger partial charge on any atom is -0.454 e. The second-order valence-electron chi connectivity index (χ2n) is 6.42. The topological polar surface area (TPSA) is 79.9 Å². The summed E-state index contributed by atoms with van der Waals surface area (Å²) in [5.74, 6) is 1.08. The summed E-state index contributed by atoms with van der Waals surface area (Å²) in [6, 6.07) is 12.3. The molecule has 0 fully saturated rings. The summed E-state index contributed by atoms with van der Waals surface area (Å²) in [7, 11) is 3.49. The fraction of sp³-hybridized carbons (Fsp3) is 0.300. The van der Waals surface area contributed by atoms with Gasteiger partial charge < -0.3 is 20.1 Å². The molecule has 0 saturated heterocycles. The van der Waals surface area contributed by atoms with Crippen molar-refractivity contribution in [3.05, 3.63) is 53.6 Å². The highest BCUT2D eigenvalue weighted by molar-refractivity contribution is 5.95. The maximum Gasteiger partial charge on any atom is 0.251 e. The van der Waals surface area contributed by atoms with E-state index in [9.17, 15) is 9.59 Å². The first-order valence-corrected chi connectivity index (χ1v) is 8.69. The van der Waals surface area contributed by atoms with Gasteiger partial charge in [0.2, 0.25) is 12.7 Å². The zero-order valence-corrected chi connectivity index (χ0v) is 15.6. The Bertz CT molecular complexity index is 836. The fourth-order valence-corrected chi connectivity index (χ4v) is 2.75. The van der Waals surface area contributed by atoms with Crippen LogP contribution in [0.2, 0.25) is 0 Å². The molecule has 2 aromatic rings. The maximum absolute atomic E-state index is 12.5. The zero-order valence-electron chi connectivity index (χ0n) is 15.6. The molecule has 0 aliphatic carbocycles. The van der Waals surface area contributed by atoms with E-state index in [1.807, 2.05) is 31.0 Å². The summed E-state index contributed by atoms with van der Waals surface area (Å²) in [4.78, 5) is 26.1. The molecule has 0 spiro atoms. The Labute approximate surface area is 158 Å². The minimum atomic E-state index is -0.339. The number of nitrogens with one attached hydrogen (secondary N) is 2. The predicted octanol–water partition coefficient (Wildman–Crippen LogP) is 2.23. The molecule has 0 aromatic heterocycles. The van der Waals surface area contributed by atoms with Crippen molar-refractivity contribution < 1.29 is 19.1 Å². The predicted molar refractivity (Wildman–Crippen MR) is 102 cm³/mol. The van der Waals surface area contributed by atoms with Gasteiger partial charge in [0, 0.05) is 30.9 Å². The van der Waals surface area contributed by atoms with Crippen LogP contribution in [0.3, 0.4) is 0 Å². The van der Waals surface area contributed by atoms with E-state index in [1.54, 1.807) is 37.4 Å². The largest absolute Gasteiger partial charge is 0.454 e. The molecule has 1 aliphatic rings. The highest BCUT2D eigenvalue weighted by Crippen LogP contribution is 2.34. The van der Waals surface area contributed by atoms with Crippen molar-refractivity contribution in [2.24, 2.45) is 0 Å². The van der Waals surface area contributed by atoms with Gasteiger partial charge in [-0.05, 0) is 43.8 Å². The Morgan fingerprint density at radius 3 is 2.52 bits per heavy atom. The van der Waals surface area contributed by atoms with Gasteiger partial charge in [-0.3, -0.25) is 14.5 Å². The molecule has 0 saturated carbocycles. The van der Waals surface area contributed by atoms with E-state index < -0.39 is 0 Å². The number of carbonyl (C=O) groups is 2. The van der Waals surface area contributed by atoms with Crippen molar-refractivity contribution in [2.45, 2.75) is 19.5 Å². The third-order valence-electron chi connectivity index (χ3n) is 4.56. The molecule has 3 rings (SSSR count). The van der Waals surface area contributed by atoms with Crippen molar-refractivity contribution in [2.75, 3.05) is 26.2 Å². The van der Waals surface area contributed by atoms with Crippen molar-refractivity contribution in [1.29, 1.82) is 0 Å². The molecule has 2 amide bonds. The second-order valence-corrected chi connectivity index (χ2v) is 6.42. The molecule has 2 aromatic carbocycles. The molecule has 1 heterocycles. The molecule has 7 nitrogen and oxygen atoms in total. The Kier molecular flexibility index (Phi) is 5.61. The Morgan fingerprint density at radius 1 is 1.11 bits per heavy atom. The normalized spacial score (nSPS) is 13.3. The van der Waals surface area contributed by atoms with E-state index in [0.717, 1.165) is 5.56 Å². The van der Waals surface area contributed by atoms with Crippen LogP contribution in [0.1, 0.15) is 22.8 Å². The second kappa shape index (κ2) is 8.09. The molecule has 0 radical (unpaired) electrons. The first kappa shape index (κ1) is 18.7. The Balaban J connectivity index is 1.58. The number of rotatable bonds is 6. The van der Waals surface area contributed by atoms with Gasteiger partial charge in [-0.15, -0.1) is 0 Å². The smallest absolute Gasteiger partial charge is 0.251 e. The average molecular weight is 369 g/mol. The summed E-state index contributed by atoms with van der Waals surface area (Å²) in [6.07, 6.45) is 0. The number of hydrogen-bond acceptors (Lipinski definition) is 5. The van der Waals surface area contributed by atoms with Crippen LogP contribution in [0.5, 0.6) is 11.5 Å². The minimum absolute atomic E-state index is 0.113. The number of ether oxygens (including phenoxy) is 2. The Morgan fingerprint density at radius 2 is 1.81 bits per heavy atom. The van der Waals surface area contributed by atoms with Crippen molar-refractivity contribution in [3.8, 4) is 11.5 Å². The van der Waals surface area contributed by atoms with Gasteiger partial charge in [-0.25, -0.2) is 0 Å². The van der Waals surface area contributed by atoms with Gasteiger partial charge in [0.05, 0.1) is 6.04 Å². The van der Waals surface area contributed by atoms with Crippen LogP contribution in [0.15, 0.2) is 42.5 Å². The average Bonchev–Trinajstić information content (AvgIpc) is 3.15. The van der Waals surface area contributed by atoms with Crippen LogP contribution in [-0.2, 0) is 11.3 Å². The van der Waals surface area contributed by atoms with Crippen LogP contribution in [0, 0.1) is 0 Å². The molecule has 1 unspecified atom stereocenters. The summed E-state index contributed by atoms with van der Waals surface area (Å²) in [5.41, 5.74) is 2.30. The lowest BCUT2D eigenvalue weighted by Gasteiger charge is -2.24. The molecule has 27 heavy (non-hydrogen) atoms. The van der Waals surface area contributed by atoms with Crippen molar-refractivity contribution in [1.82, 2.24) is 10.2 Å². The van der Waals surface area contributed by atoms with E-state index in [1.165, 1.54) is 0 Å². The standard InChI is InChI=1S/C20H23N3O4/c1-13(19(24)22-16-8-9-17-18(10-16)27-12-26-17)23(3)11-14-4-6-15(7-5-14)20(25)21-2/h4-10,13H,11-12H2,1-3H3,(H,21,25)(H,22,24). The molecular weight excluding hydrogens is 346 g/mol. The van der Waals surface area contributed by atoms with Crippen LogP contribution in [0.25, 0.3) is 0 Å². The molecule has 0 bridgehead atoms. The fourth-order valence-electron chi connectivity index (χ4n) is 2.75. The van der Waals surface area contributed by atoms with Crippen LogP contribution < -0.4 is 20.1 Å². The molecule has 7 heteroatoms. The third-order valence-corrected chi connectivity index (χ3v) is 4.56. The van der Waals surface area contributed by atoms with Crippen molar-refractivity contribution in [3.63, 3.8) is 0 Å². The summed E-state index contributed by atoms with van der Waals surface area (Å²) in [5, 5.41) is 5.49. The first-order valence-electron chi connectivity index (χ1n) is 8.69. The van der Waals surface area contributed by atoms with E-state index in [4.69, 9.17) is 9.47 Å². The van der Waals surface area contributed by atoms with Gasteiger partial charge in [-0.1, -0.05) is 12.1 Å². The van der Waals surface area contributed by atoms with Gasteiger partial charge in [-0.2, -0.15) is 0 Å². The summed E-state index contributed by atoms with van der Waals surface area (Å²) in [6.45, 7) is 2.63. The van der Waals surface area contributed by atoms with Crippen LogP contribution in [0.4, 0.5) is 5.69 Å². The highest BCUT2D eigenvalue weighted by atomic mass is 16.7. The quantitative estimate of drug-likeness (QED) is 0.816. The lowest BCUT2D eigenvalue weighted by Crippen LogP contribution is -2.39. The lowest BCUT2D eigenvalue weighted by atomic mass is 10.1. The third kappa shape index (κ3) is 4.38. The zero-order chi connectivity index (χ0) is 19.4. The number of carbonyl (C=O) groups excluding carboxylic acids is 2. The van der Waals surface area contributed by atoms with E-state index in [2.05, 4.69) is 10.6 Å². The monoisotopic (exact) mass is 369 g/mol. The van der Waals surface area contributed by atoms with Crippen LogP contribution in [-0.4, -0.2) is 43.6 Å². The van der Waals surface area contributed by atoms with Gasteiger partial charge in [0.1, 0.15) is 0 Å². The number of likely N-dealkylation sites (N-methyl/N-ethyl adjacent to an activating group) is 1. The SMILES string of the molecule is CNC(=O)c1ccc(CN(C)C(C)C(=O)Nc2ccc3c(c2)OCO3)cc1. The number of benzene rings is 2. The van der Waals surface area contributed by atoms with E-state index in [0.29, 0.717) is 29.3 Å². The van der Waals surface area contributed by atoms with E-state index >= 15 is 0 Å². The highest BCUT2D eigenvalue weighted by Gasteiger charge is 2.20. The van der Waals surface area contributed by atoms with Gasteiger partial charge in [0.15, 0.2) is 11.5 Å². The molecular formula is C20H23N3O4. The summed E-state index contributed by atoms with van der Waals surface area (Å²) >= 11 is 0. The number of hydrogen-bond donors (Lipinski definition) is 2. The van der Waals surface area contributed by atoms with E-state index in [-0.39, 0.29) is 24.6 Å².